The van der Waals surface area contributed by atoms with E-state index >= 15 is 0 Å². The molecular weight excluding hydrogens is 252 g/mol. The Bertz CT molecular complexity index is 221. The average Bonchev–Trinajstić information content (AvgIpc) is 2.81. The van der Waals surface area contributed by atoms with Gasteiger partial charge in [0.15, 0.2) is 0 Å². The van der Waals surface area contributed by atoms with E-state index in [4.69, 9.17) is 10.5 Å². The molecule has 1 fully saturated rings. The highest BCUT2D eigenvalue weighted by Crippen LogP contribution is 2.20. The van der Waals surface area contributed by atoms with Gasteiger partial charge in [0.05, 0.1) is 12.1 Å². The Morgan fingerprint density at radius 3 is 2.72 bits per heavy atom. The van der Waals surface area contributed by atoms with Gasteiger partial charge in [-0.25, -0.2) is 0 Å². The molecule has 3 N–H and O–H groups in total. The van der Waals surface area contributed by atoms with Crippen LogP contribution in [0.1, 0.15) is 51.9 Å². The van der Waals surface area contributed by atoms with Gasteiger partial charge < -0.3 is 15.8 Å². The third-order valence-corrected chi connectivity index (χ3v) is 3.21. The summed E-state index contributed by atoms with van der Waals surface area (Å²) in [6.45, 7) is 3.44. The summed E-state index contributed by atoms with van der Waals surface area (Å²) in [5.41, 5.74) is 5.70. The molecule has 0 saturated heterocycles. The highest BCUT2D eigenvalue weighted by Gasteiger charge is 2.15. The summed E-state index contributed by atoms with van der Waals surface area (Å²) in [5.74, 6) is -0.0345. The smallest absolute Gasteiger partial charge is 0.236 e. The van der Waals surface area contributed by atoms with Gasteiger partial charge in [0, 0.05) is 13.2 Å². The van der Waals surface area contributed by atoms with Crippen molar-refractivity contribution in [3.05, 3.63) is 0 Å². The highest BCUT2D eigenvalue weighted by atomic mass is 35.5. The molecule has 0 aliphatic heterocycles. The Balaban J connectivity index is 0.00000289. The maximum absolute atomic E-state index is 11.5. The Kier molecular flexibility index (Phi) is 10.4. The predicted molar refractivity (Wildman–Crippen MR) is 76.0 cm³/mol. The zero-order valence-electron chi connectivity index (χ0n) is 11.3. The summed E-state index contributed by atoms with van der Waals surface area (Å²) < 4.78 is 5.71. The molecule has 0 aromatic heterocycles. The second kappa shape index (κ2) is 10.6. The third-order valence-electron chi connectivity index (χ3n) is 3.21. The first kappa shape index (κ1) is 17.7. The van der Waals surface area contributed by atoms with E-state index in [-0.39, 0.29) is 24.4 Å². The molecule has 0 heterocycles. The fourth-order valence-corrected chi connectivity index (χ4v) is 2.16. The van der Waals surface area contributed by atoms with Crippen molar-refractivity contribution in [2.75, 3.05) is 13.2 Å². The van der Waals surface area contributed by atoms with E-state index in [1.807, 2.05) is 6.92 Å². The van der Waals surface area contributed by atoms with Crippen LogP contribution in [0.5, 0.6) is 0 Å². The van der Waals surface area contributed by atoms with Crippen molar-refractivity contribution in [1.29, 1.82) is 0 Å². The first-order valence-electron chi connectivity index (χ1n) is 6.89. The summed E-state index contributed by atoms with van der Waals surface area (Å²) in [7, 11) is 0. The van der Waals surface area contributed by atoms with Gasteiger partial charge in [-0.1, -0.05) is 26.2 Å². The van der Waals surface area contributed by atoms with Gasteiger partial charge in [-0.05, 0) is 25.7 Å². The monoisotopic (exact) mass is 278 g/mol. The number of carbonyl (C=O) groups excluding carboxylic acids is 1. The number of carbonyl (C=O) groups is 1. The molecule has 0 bridgehead atoms. The largest absolute Gasteiger partial charge is 0.378 e. The second-order valence-electron chi connectivity index (χ2n) is 4.82. The topological polar surface area (TPSA) is 64.4 Å². The summed E-state index contributed by atoms with van der Waals surface area (Å²) in [5, 5.41) is 2.85. The summed E-state index contributed by atoms with van der Waals surface area (Å²) >= 11 is 0. The molecule has 1 unspecified atom stereocenters. The molecule has 4 nitrogen and oxygen atoms in total. The standard InChI is InChI=1S/C13H26N2O2.ClH/c1-2-6-12(14)13(16)15-9-5-10-17-11-7-3-4-8-11;/h11-12H,2-10,14H2,1H3,(H,15,16);1H. The molecule has 0 spiro atoms. The maximum Gasteiger partial charge on any atom is 0.236 e. The number of halogens is 1. The minimum absolute atomic E-state index is 0. The van der Waals surface area contributed by atoms with E-state index in [1.54, 1.807) is 0 Å². The first-order chi connectivity index (χ1) is 8.24. The number of hydrogen-bond donors (Lipinski definition) is 2. The van der Waals surface area contributed by atoms with Crippen molar-refractivity contribution in [2.45, 2.75) is 64.0 Å². The van der Waals surface area contributed by atoms with E-state index in [2.05, 4.69) is 5.32 Å². The molecule has 0 aromatic rings. The predicted octanol–water partition coefficient (Wildman–Crippen LogP) is 2.00. The molecular formula is C13H27ClN2O2. The van der Waals surface area contributed by atoms with Crippen molar-refractivity contribution in [2.24, 2.45) is 5.73 Å². The normalized spacial score (nSPS) is 17.2. The zero-order valence-corrected chi connectivity index (χ0v) is 12.1. The summed E-state index contributed by atoms with van der Waals surface area (Å²) in [4.78, 5) is 11.5. The molecule has 0 radical (unpaired) electrons. The molecule has 1 saturated carbocycles. The first-order valence-corrected chi connectivity index (χ1v) is 6.89. The van der Waals surface area contributed by atoms with Crippen LogP contribution in [0.25, 0.3) is 0 Å². The second-order valence-corrected chi connectivity index (χ2v) is 4.82. The molecule has 1 atom stereocenters. The van der Waals surface area contributed by atoms with Crippen LogP contribution in [0, 0.1) is 0 Å². The quantitative estimate of drug-likeness (QED) is 0.668. The van der Waals surface area contributed by atoms with Gasteiger partial charge in [-0.15, -0.1) is 12.4 Å². The Morgan fingerprint density at radius 2 is 2.11 bits per heavy atom. The van der Waals surface area contributed by atoms with Gasteiger partial charge in [-0.2, -0.15) is 0 Å². The van der Waals surface area contributed by atoms with Crippen molar-refractivity contribution < 1.29 is 9.53 Å². The van der Waals surface area contributed by atoms with Crippen LogP contribution in [-0.2, 0) is 9.53 Å². The van der Waals surface area contributed by atoms with Gasteiger partial charge in [0.2, 0.25) is 5.91 Å². The van der Waals surface area contributed by atoms with Gasteiger partial charge in [-0.3, -0.25) is 4.79 Å². The summed E-state index contributed by atoms with van der Waals surface area (Å²) in [6.07, 6.45) is 8.04. The van der Waals surface area contributed by atoms with Crippen molar-refractivity contribution in [3.8, 4) is 0 Å². The van der Waals surface area contributed by atoms with E-state index in [0.29, 0.717) is 12.6 Å². The number of nitrogens with two attached hydrogens (primary N) is 1. The van der Waals surface area contributed by atoms with E-state index in [9.17, 15) is 4.79 Å². The Labute approximate surface area is 116 Å². The van der Waals surface area contributed by atoms with Crippen LogP contribution in [0.15, 0.2) is 0 Å². The van der Waals surface area contributed by atoms with E-state index in [1.165, 1.54) is 25.7 Å². The molecule has 108 valence electrons. The van der Waals surface area contributed by atoms with Crippen molar-refractivity contribution in [1.82, 2.24) is 5.32 Å². The number of ether oxygens (including phenoxy) is 1. The number of nitrogens with one attached hydrogen (secondary N) is 1. The van der Waals surface area contributed by atoms with Gasteiger partial charge >= 0.3 is 0 Å². The average molecular weight is 279 g/mol. The lowest BCUT2D eigenvalue weighted by Crippen LogP contribution is -2.41. The summed E-state index contributed by atoms with van der Waals surface area (Å²) in [6, 6.07) is -0.351. The number of rotatable bonds is 8. The van der Waals surface area contributed by atoms with Crippen LogP contribution in [-0.4, -0.2) is 31.2 Å². The molecule has 5 heteroatoms. The lowest BCUT2D eigenvalue weighted by Gasteiger charge is -2.13. The molecule has 1 amide bonds. The molecule has 18 heavy (non-hydrogen) atoms. The number of amides is 1. The molecule has 0 aromatic carbocycles. The fourth-order valence-electron chi connectivity index (χ4n) is 2.16. The highest BCUT2D eigenvalue weighted by molar-refractivity contribution is 5.85. The van der Waals surface area contributed by atoms with Crippen LogP contribution in [0.4, 0.5) is 0 Å². The zero-order chi connectivity index (χ0) is 12.5. The Hall–Kier alpha value is -0.320. The minimum Gasteiger partial charge on any atom is -0.378 e. The molecule has 1 rings (SSSR count). The van der Waals surface area contributed by atoms with Crippen LogP contribution >= 0.6 is 12.4 Å². The van der Waals surface area contributed by atoms with Crippen molar-refractivity contribution in [3.63, 3.8) is 0 Å². The van der Waals surface area contributed by atoms with Gasteiger partial charge in [0.25, 0.3) is 0 Å². The van der Waals surface area contributed by atoms with E-state index < -0.39 is 0 Å². The van der Waals surface area contributed by atoms with Gasteiger partial charge in [0.1, 0.15) is 0 Å². The van der Waals surface area contributed by atoms with Crippen molar-refractivity contribution >= 4 is 18.3 Å². The lowest BCUT2D eigenvalue weighted by molar-refractivity contribution is -0.122. The SMILES string of the molecule is CCCC(N)C(=O)NCCCOC1CCCC1.Cl. The maximum atomic E-state index is 11.5. The van der Waals surface area contributed by atoms with Crippen LogP contribution in [0.2, 0.25) is 0 Å². The minimum atomic E-state index is -0.351. The number of hydrogen-bond acceptors (Lipinski definition) is 3. The van der Waals surface area contributed by atoms with Crippen LogP contribution in [0.3, 0.4) is 0 Å². The third kappa shape index (κ3) is 7.19. The Morgan fingerprint density at radius 1 is 1.44 bits per heavy atom. The fraction of sp³-hybridized carbons (Fsp3) is 0.923. The van der Waals surface area contributed by atoms with Crippen LogP contribution < -0.4 is 11.1 Å². The van der Waals surface area contributed by atoms with E-state index in [0.717, 1.165) is 25.9 Å². The molecule has 1 aliphatic carbocycles. The lowest BCUT2D eigenvalue weighted by atomic mass is 10.2. The molecule has 1 aliphatic rings.